The first-order chi connectivity index (χ1) is 9.24. The van der Waals surface area contributed by atoms with Gasteiger partial charge in [-0.1, -0.05) is 55.4 Å². The van der Waals surface area contributed by atoms with E-state index in [4.69, 9.17) is 0 Å². The zero-order chi connectivity index (χ0) is 13.7. The van der Waals surface area contributed by atoms with Crippen LogP contribution in [0.5, 0.6) is 0 Å². The zero-order valence-electron chi connectivity index (χ0n) is 11.9. The molecule has 0 aliphatic rings. The van der Waals surface area contributed by atoms with Crippen LogP contribution in [0.1, 0.15) is 37.2 Å². The van der Waals surface area contributed by atoms with Crippen molar-refractivity contribution in [3.63, 3.8) is 0 Å². The smallest absolute Gasteiger partial charge is 0.191 e. The highest BCUT2D eigenvalue weighted by atomic mass is 32.2. The van der Waals surface area contributed by atoms with Crippen LogP contribution in [0.4, 0.5) is 0 Å². The number of hydrogen-bond donors (Lipinski definition) is 0. The summed E-state index contributed by atoms with van der Waals surface area (Å²) in [7, 11) is 0. The molecule has 0 N–H and O–H groups in total. The minimum atomic E-state index is 0.942. The number of hydrogen-bond acceptors (Lipinski definition) is 3. The summed E-state index contributed by atoms with van der Waals surface area (Å²) in [6.45, 7) is 7.45. The molecule has 2 aromatic rings. The molecule has 0 atom stereocenters. The summed E-state index contributed by atoms with van der Waals surface area (Å²) in [5.41, 5.74) is 2.65. The fraction of sp³-hybridized carbons (Fsp3) is 0.467. The van der Waals surface area contributed by atoms with Crippen LogP contribution in [0.15, 0.2) is 29.4 Å². The molecule has 102 valence electrons. The largest absolute Gasteiger partial charge is 0.306 e. The van der Waals surface area contributed by atoms with Gasteiger partial charge in [-0.2, -0.15) is 0 Å². The van der Waals surface area contributed by atoms with Gasteiger partial charge < -0.3 is 4.57 Å². The first-order valence-electron chi connectivity index (χ1n) is 6.85. The third kappa shape index (κ3) is 3.60. The summed E-state index contributed by atoms with van der Waals surface area (Å²) in [5, 5.41) is 9.64. The predicted octanol–water partition coefficient (Wildman–Crippen LogP) is 3.85. The third-order valence-corrected chi connectivity index (χ3v) is 4.05. The molecule has 0 spiro atoms. The molecule has 2 rings (SSSR count). The Morgan fingerprint density at radius 1 is 1.21 bits per heavy atom. The summed E-state index contributed by atoms with van der Waals surface area (Å²) >= 11 is 1.77. The lowest BCUT2D eigenvalue weighted by Crippen LogP contribution is -2.03. The van der Waals surface area contributed by atoms with Crippen LogP contribution in [0, 0.1) is 6.92 Å². The zero-order valence-corrected chi connectivity index (χ0v) is 12.7. The summed E-state index contributed by atoms with van der Waals surface area (Å²) in [6.07, 6.45) is 2.06. The van der Waals surface area contributed by atoms with Gasteiger partial charge in [0.05, 0.1) is 0 Å². The molecule has 1 aromatic carbocycles. The standard InChI is InChI=1S/C15H21N3S/c1-4-9-18-14(5-2)16-17-15(18)19-11-13-8-6-7-12(3)10-13/h6-8,10H,4-5,9,11H2,1-3H3. The number of aryl methyl sites for hydroxylation is 2. The van der Waals surface area contributed by atoms with Crippen LogP contribution in [-0.4, -0.2) is 14.8 Å². The van der Waals surface area contributed by atoms with Gasteiger partial charge in [0.2, 0.25) is 0 Å². The van der Waals surface area contributed by atoms with Crippen molar-refractivity contribution in [1.82, 2.24) is 14.8 Å². The van der Waals surface area contributed by atoms with Gasteiger partial charge >= 0.3 is 0 Å². The van der Waals surface area contributed by atoms with Gasteiger partial charge in [0, 0.05) is 18.7 Å². The SMILES string of the molecule is CCCn1c(CC)nnc1SCc1cccc(C)c1. The summed E-state index contributed by atoms with van der Waals surface area (Å²) in [4.78, 5) is 0. The van der Waals surface area contributed by atoms with E-state index in [2.05, 4.69) is 59.8 Å². The first kappa shape index (κ1) is 14.1. The molecule has 0 aliphatic heterocycles. The van der Waals surface area contributed by atoms with Gasteiger partial charge in [-0.05, 0) is 18.9 Å². The Hall–Kier alpha value is -1.29. The van der Waals surface area contributed by atoms with Crippen molar-refractivity contribution in [2.75, 3.05) is 0 Å². The van der Waals surface area contributed by atoms with Crippen molar-refractivity contribution in [3.05, 3.63) is 41.2 Å². The van der Waals surface area contributed by atoms with E-state index in [1.807, 2.05) is 0 Å². The van der Waals surface area contributed by atoms with Crippen LogP contribution in [0.3, 0.4) is 0 Å². The molecule has 0 aliphatic carbocycles. The van der Waals surface area contributed by atoms with Crippen LogP contribution >= 0.6 is 11.8 Å². The van der Waals surface area contributed by atoms with Gasteiger partial charge in [0.15, 0.2) is 5.16 Å². The predicted molar refractivity (Wildman–Crippen MR) is 80.4 cm³/mol. The monoisotopic (exact) mass is 275 g/mol. The van der Waals surface area contributed by atoms with Crippen molar-refractivity contribution < 1.29 is 0 Å². The van der Waals surface area contributed by atoms with Crippen LogP contribution in [-0.2, 0) is 18.7 Å². The lowest BCUT2D eigenvalue weighted by atomic mass is 10.2. The Labute approximate surface area is 119 Å². The van der Waals surface area contributed by atoms with Crippen LogP contribution in [0.25, 0.3) is 0 Å². The van der Waals surface area contributed by atoms with Crippen molar-refractivity contribution in [2.45, 2.75) is 51.1 Å². The fourth-order valence-corrected chi connectivity index (χ4v) is 3.01. The molecule has 19 heavy (non-hydrogen) atoms. The Morgan fingerprint density at radius 2 is 2.05 bits per heavy atom. The fourth-order valence-electron chi connectivity index (χ4n) is 2.09. The second-order valence-corrected chi connectivity index (χ2v) is 5.62. The Bertz CT molecular complexity index is 534. The number of thioether (sulfide) groups is 1. The van der Waals surface area contributed by atoms with Gasteiger partial charge in [-0.15, -0.1) is 10.2 Å². The average Bonchev–Trinajstić information content (AvgIpc) is 2.79. The molecule has 1 aromatic heterocycles. The van der Waals surface area contributed by atoms with Gasteiger partial charge in [-0.25, -0.2) is 0 Å². The molecule has 0 saturated heterocycles. The molecule has 1 heterocycles. The summed E-state index contributed by atoms with van der Waals surface area (Å²) in [6, 6.07) is 8.64. The number of aromatic nitrogens is 3. The number of rotatable bonds is 6. The molecule has 4 heteroatoms. The molecule has 3 nitrogen and oxygen atoms in total. The second-order valence-electron chi connectivity index (χ2n) is 4.68. The highest BCUT2D eigenvalue weighted by molar-refractivity contribution is 7.98. The van der Waals surface area contributed by atoms with Crippen molar-refractivity contribution in [2.24, 2.45) is 0 Å². The Kier molecular flexibility index (Phi) is 5.02. The maximum atomic E-state index is 4.32. The van der Waals surface area contributed by atoms with E-state index >= 15 is 0 Å². The molecule has 0 unspecified atom stereocenters. The lowest BCUT2D eigenvalue weighted by Gasteiger charge is -2.07. The van der Waals surface area contributed by atoms with Gasteiger partial charge in [-0.3, -0.25) is 0 Å². The van der Waals surface area contributed by atoms with E-state index in [9.17, 15) is 0 Å². The van der Waals surface area contributed by atoms with E-state index in [0.717, 1.165) is 36.1 Å². The van der Waals surface area contributed by atoms with Crippen molar-refractivity contribution in [3.8, 4) is 0 Å². The number of nitrogens with zero attached hydrogens (tertiary/aromatic N) is 3. The summed E-state index contributed by atoms with van der Waals surface area (Å²) < 4.78 is 2.25. The highest BCUT2D eigenvalue weighted by Gasteiger charge is 2.10. The van der Waals surface area contributed by atoms with E-state index in [1.54, 1.807) is 11.8 Å². The molecular formula is C15H21N3S. The topological polar surface area (TPSA) is 30.7 Å². The molecule has 0 amide bonds. The third-order valence-electron chi connectivity index (χ3n) is 3.01. The van der Waals surface area contributed by atoms with E-state index < -0.39 is 0 Å². The molecule has 0 fully saturated rings. The minimum absolute atomic E-state index is 0.942. The van der Waals surface area contributed by atoms with Gasteiger partial charge in [0.25, 0.3) is 0 Å². The molecule has 0 bridgehead atoms. The molecule has 0 radical (unpaired) electrons. The first-order valence-corrected chi connectivity index (χ1v) is 7.83. The molecular weight excluding hydrogens is 254 g/mol. The highest BCUT2D eigenvalue weighted by Crippen LogP contribution is 2.22. The lowest BCUT2D eigenvalue weighted by molar-refractivity contribution is 0.595. The van der Waals surface area contributed by atoms with Gasteiger partial charge in [0.1, 0.15) is 5.82 Å². The average molecular weight is 275 g/mol. The van der Waals surface area contributed by atoms with E-state index in [1.165, 1.54) is 11.1 Å². The second kappa shape index (κ2) is 6.75. The Balaban J connectivity index is 2.08. The quantitative estimate of drug-likeness (QED) is 0.750. The molecule has 0 saturated carbocycles. The maximum Gasteiger partial charge on any atom is 0.191 e. The number of benzene rings is 1. The van der Waals surface area contributed by atoms with E-state index in [-0.39, 0.29) is 0 Å². The summed E-state index contributed by atoms with van der Waals surface area (Å²) in [5.74, 6) is 2.04. The maximum absolute atomic E-state index is 4.32. The Morgan fingerprint density at radius 3 is 2.74 bits per heavy atom. The van der Waals surface area contributed by atoms with Crippen molar-refractivity contribution in [1.29, 1.82) is 0 Å². The van der Waals surface area contributed by atoms with Crippen molar-refractivity contribution >= 4 is 11.8 Å². The minimum Gasteiger partial charge on any atom is -0.306 e. The normalized spacial score (nSPS) is 10.9. The van der Waals surface area contributed by atoms with E-state index in [0.29, 0.717) is 0 Å². The van der Waals surface area contributed by atoms with Crippen LogP contribution in [0.2, 0.25) is 0 Å². The van der Waals surface area contributed by atoms with Crippen LogP contribution < -0.4 is 0 Å².